The summed E-state index contributed by atoms with van der Waals surface area (Å²) >= 11 is 0. The number of nitrogens with zero attached hydrogens (tertiary/aromatic N) is 2. The summed E-state index contributed by atoms with van der Waals surface area (Å²) in [5.41, 5.74) is 0.760. The molecule has 2 fully saturated rings. The van der Waals surface area contributed by atoms with E-state index in [2.05, 4.69) is 30.2 Å². The molecule has 0 radical (unpaired) electrons. The summed E-state index contributed by atoms with van der Waals surface area (Å²) in [5, 5.41) is 4.70. The fourth-order valence-corrected chi connectivity index (χ4v) is 6.73. The van der Waals surface area contributed by atoms with E-state index < -0.39 is 30.3 Å². The van der Waals surface area contributed by atoms with Crippen molar-refractivity contribution < 1.29 is 33.3 Å². The number of alkyl carbamates (subject to hydrolysis) is 1. The highest BCUT2D eigenvalue weighted by molar-refractivity contribution is 5.91. The molecule has 5 rings (SSSR count). The summed E-state index contributed by atoms with van der Waals surface area (Å²) in [6.45, 7) is 6.49. The molecule has 2 amide bonds. The van der Waals surface area contributed by atoms with Gasteiger partial charge in [-0.05, 0) is 79.5 Å². The van der Waals surface area contributed by atoms with Gasteiger partial charge in [0, 0.05) is 18.0 Å². The minimum atomic E-state index is -0.826. The number of benzene rings is 1. The maximum atomic E-state index is 14.3. The third kappa shape index (κ3) is 7.16. The number of nitrogens with one attached hydrogen (secondary N) is 1. The van der Waals surface area contributed by atoms with Crippen LogP contribution in [0.4, 0.5) is 4.79 Å². The second-order valence-corrected chi connectivity index (χ2v) is 12.8. The number of rotatable bonds is 4. The van der Waals surface area contributed by atoms with Gasteiger partial charge in [0.25, 0.3) is 0 Å². The van der Waals surface area contributed by atoms with Gasteiger partial charge in [-0.2, -0.15) is 0 Å². The lowest BCUT2D eigenvalue weighted by atomic mass is 9.83. The van der Waals surface area contributed by atoms with Crippen LogP contribution in [0.3, 0.4) is 0 Å². The Morgan fingerprint density at radius 2 is 1.95 bits per heavy atom. The zero-order valence-electron chi connectivity index (χ0n) is 25.9. The number of ether oxygens (including phenoxy) is 4. The Kier molecular flexibility index (Phi) is 9.62. The molecule has 1 N–H and O–H groups in total. The van der Waals surface area contributed by atoms with Gasteiger partial charge in [-0.15, -0.1) is 0 Å². The van der Waals surface area contributed by atoms with Crippen LogP contribution in [0.25, 0.3) is 10.8 Å². The standard InChI is InChI=1S/C33H45N3O7/c1-5-41-31(38)26-18-24-19-36(26)30(37)28(21-10-7-6-8-11-21)35-32(39)42-20-33(2,3)14-9-12-23-16-25-22(17-27(23)40-4)13-15-34-29(25)43-24/h13,15-17,21,24,26,28H,5-12,14,18-20H2,1-4H3,(H,35,39)/t24-,26+,28+/m1/s1. The highest BCUT2D eigenvalue weighted by Gasteiger charge is 2.46. The first kappa shape index (κ1) is 30.9. The lowest BCUT2D eigenvalue weighted by Gasteiger charge is -2.34. The molecule has 0 unspecified atom stereocenters. The molecule has 1 aromatic carbocycles. The monoisotopic (exact) mass is 595 g/mol. The topological polar surface area (TPSA) is 116 Å². The minimum absolute atomic E-state index is 0.0386. The molecule has 0 spiro atoms. The van der Waals surface area contributed by atoms with E-state index in [9.17, 15) is 14.4 Å². The number of carbonyl (C=O) groups is 3. The van der Waals surface area contributed by atoms with Crippen molar-refractivity contribution in [1.82, 2.24) is 15.2 Å². The number of cyclic esters (lactones) is 1. The third-order valence-corrected chi connectivity index (χ3v) is 9.07. The van der Waals surface area contributed by atoms with Crippen LogP contribution < -0.4 is 14.8 Å². The lowest BCUT2D eigenvalue weighted by Crippen LogP contribution is -2.55. The van der Waals surface area contributed by atoms with Crippen LogP contribution in [0.1, 0.15) is 77.7 Å². The van der Waals surface area contributed by atoms with E-state index in [4.69, 9.17) is 18.9 Å². The van der Waals surface area contributed by atoms with Crippen molar-refractivity contribution in [3.05, 3.63) is 30.0 Å². The van der Waals surface area contributed by atoms with Crippen LogP contribution in [0.5, 0.6) is 11.6 Å². The third-order valence-electron chi connectivity index (χ3n) is 9.07. The van der Waals surface area contributed by atoms with E-state index in [1.54, 1.807) is 20.2 Å². The molecule has 1 aromatic heterocycles. The van der Waals surface area contributed by atoms with Crippen molar-refractivity contribution in [3.8, 4) is 11.6 Å². The largest absolute Gasteiger partial charge is 0.496 e. The summed E-state index contributed by atoms with van der Waals surface area (Å²) in [6, 6.07) is 4.36. The first-order valence-corrected chi connectivity index (χ1v) is 15.7. The number of fused-ring (bicyclic) bond motifs is 3. The first-order chi connectivity index (χ1) is 20.7. The molecule has 3 atom stereocenters. The molecule has 1 saturated heterocycles. The number of aryl methyl sites for hydroxylation is 1. The molecular formula is C33H45N3O7. The maximum absolute atomic E-state index is 14.3. The molecule has 3 aliphatic rings. The van der Waals surface area contributed by atoms with E-state index >= 15 is 0 Å². The average molecular weight is 596 g/mol. The zero-order chi connectivity index (χ0) is 30.6. The second-order valence-electron chi connectivity index (χ2n) is 12.8. The van der Waals surface area contributed by atoms with Gasteiger partial charge in [-0.1, -0.05) is 33.1 Å². The summed E-state index contributed by atoms with van der Waals surface area (Å²) in [7, 11) is 1.67. The molecule has 43 heavy (non-hydrogen) atoms. The Labute approximate surface area is 253 Å². The predicted octanol–water partition coefficient (Wildman–Crippen LogP) is 5.19. The van der Waals surface area contributed by atoms with E-state index in [1.165, 1.54) is 4.90 Å². The number of amides is 2. The Bertz CT molecular complexity index is 1320. The van der Waals surface area contributed by atoms with Crippen molar-refractivity contribution in [3.63, 3.8) is 0 Å². The predicted molar refractivity (Wildman–Crippen MR) is 161 cm³/mol. The van der Waals surface area contributed by atoms with Crippen molar-refractivity contribution in [2.75, 3.05) is 26.9 Å². The highest BCUT2D eigenvalue weighted by atomic mass is 16.6. The van der Waals surface area contributed by atoms with E-state index in [0.717, 1.165) is 73.5 Å². The van der Waals surface area contributed by atoms with E-state index in [0.29, 0.717) is 5.88 Å². The number of methoxy groups -OCH3 is 1. The average Bonchev–Trinajstić information content (AvgIpc) is 3.42. The Morgan fingerprint density at radius 3 is 2.70 bits per heavy atom. The summed E-state index contributed by atoms with van der Waals surface area (Å²) in [6.07, 6.45) is 8.05. The van der Waals surface area contributed by atoms with Gasteiger partial charge < -0.3 is 29.2 Å². The van der Waals surface area contributed by atoms with Crippen LogP contribution in [0, 0.1) is 11.3 Å². The quantitative estimate of drug-likeness (QED) is 0.480. The van der Waals surface area contributed by atoms with Crippen LogP contribution in [0.15, 0.2) is 24.4 Å². The van der Waals surface area contributed by atoms with Gasteiger partial charge in [-0.25, -0.2) is 14.6 Å². The van der Waals surface area contributed by atoms with Gasteiger partial charge in [0.2, 0.25) is 11.8 Å². The molecule has 234 valence electrons. The molecule has 2 aliphatic heterocycles. The molecular weight excluding hydrogens is 550 g/mol. The molecule has 10 heteroatoms. The van der Waals surface area contributed by atoms with Crippen molar-refractivity contribution in [2.45, 2.75) is 96.7 Å². The molecule has 4 bridgehead atoms. The maximum Gasteiger partial charge on any atom is 0.407 e. The van der Waals surface area contributed by atoms with Crippen LogP contribution in [0.2, 0.25) is 0 Å². The van der Waals surface area contributed by atoms with E-state index in [1.807, 2.05) is 12.1 Å². The van der Waals surface area contributed by atoms with Gasteiger partial charge >= 0.3 is 12.1 Å². The number of hydrogen-bond donors (Lipinski definition) is 1. The number of carbonyl (C=O) groups excluding carboxylic acids is 3. The van der Waals surface area contributed by atoms with Crippen LogP contribution in [-0.2, 0) is 25.5 Å². The van der Waals surface area contributed by atoms with Gasteiger partial charge in [0.15, 0.2) is 0 Å². The van der Waals surface area contributed by atoms with Gasteiger partial charge in [0.1, 0.15) is 23.9 Å². The minimum Gasteiger partial charge on any atom is -0.496 e. The van der Waals surface area contributed by atoms with Crippen molar-refractivity contribution in [1.29, 1.82) is 0 Å². The number of hydrogen-bond acceptors (Lipinski definition) is 8. The lowest BCUT2D eigenvalue weighted by molar-refractivity contribution is -0.154. The van der Waals surface area contributed by atoms with Crippen molar-refractivity contribution >= 4 is 28.7 Å². The number of esters is 1. The fraction of sp³-hybridized carbons (Fsp3) is 0.636. The normalized spacial score (nSPS) is 25.3. The summed E-state index contributed by atoms with van der Waals surface area (Å²) in [5.74, 6) is 0.434. The molecule has 10 nitrogen and oxygen atoms in total. The van der Waals surface area contributed by atoms with Crippen LogP contribution >= 0.6 is 0 Å². The summed E-state index contributed by atoms with van der Waals surface area (Å²) in [4.78, 5) is 46.7. The Hall–Kier alpha value is -3.56. The SMILES string of the molecule is CCOC(=O)[C@@H]1C[C@@H]2CN1C(=O)[C@H](C1CCCCC1)NC(=O)OCC(C)(C)CCCc1cc3c(nccc3cc1OC)O2. The Balaban J connectivity index is 1.53. The van der Waals surface area contributed by atoms with Crippen LogP contribution in [-0.4, -0.2) is 72.9 Å². The fourth-order valence-electron chi connectivity index (χ4n) is 6.73. The number of pyridine rings is 1. The second kappa shape index (κ2) is 13.4. The Morgan fingerprint density at radius 1 is 1.16 bits per heavy atom. The number of aromatic nitrogens is 1. The molecule has 2 aromatic rings. The van der Waals surface area contributed by atoms with Gasteiger partial charge in [-0.3, -0.25) is 4.79 Å². The highest BCUT2D eigenvalue weighted by Crippen LogP contribution is 2.35. The molecule has 3 heterocycles. The van der Waals surface area contributed by atoms with Crippen molar-refractivity contribution in [2.24, 2.45) is 11.3 Å². The summed E-state index contributed by atoms with van der Waals surface area (Å²) < 4.78 is 23.3. The molecule has 1 saturated carbocycles. The first-order valence-electron chi connectivity index (χ1n) is 15.7. The van der Waals surface area contributed by atoms with E-state index in [-0.39, 0.29) is 43.4 Å². The molecule has 1 aliphatic carbocycles. The van der Waals surface area contributed by atoms with Gasteiger partial charge in [0.05, 0.1) is 26.9 Å². The smallest absolute Gasteiger partial charge is 0.407 e. The zero-order valence-corrected chi connectivity index (χ0v) is 25.9.